The number of nitrogens with zero attached hydrogens (tertiary/aromatic N) is 4. The first-order valence-electron chi connectivity index (χ1n) is 6.21. The first-order chi connectivity index (χ1) is 10.3. The molecule has 0 fully saturated rings. The van der Waals surface area contributed by atoms with E-state index in [0.717, 1.165) is 11.1 Å². The Morgan fingerprint density at radius 1 is 1.10 bits per heavy atom. The summed E-state index contributed by atoms with van der Waals surface area (Å²) in [4.78, 5) is 18.1. The number of hydrogen-bond acceptors (Lipinski definition) is 6. The summed E-state index contributed by atoms with van der Waals surface area (Å²) in [6.45, 7) is 1.93. The maximum atomic E-state index is 10.5. The fraction of sp³-hybridized carbons (Fsp3) is 0.0667. The smallest absolute Gasteiger partial charge is 0.250 e. The molecule has 0 amide bonds. The monoisotopic (exact) mass is 278 g/mol. The Balaban J connectivity index is 2.08. The second-order valence-corrected chi connectivity index (χ2v) is 4.37. The fourth-order valence-corrected chi connectivity index (χ4v) is 1.91. The van der Waals surface area contributed by atoms with Crippen LogP contribution < -0.4 is 0 Å². The Bertz CT molecular complexity index is 821. The van der Waals surface area contributed by atoms with Gasteiger partial charge in [0.15, 0.2) is 0 Å². The molecule has 0 spiro atoms. The zero-order valence-corrected chi connectivity index (χ0v) is 11.1. The van der Waals surface area contributed by atoms with Crippen LogP contribution in [0.15, 0.2) is 52.1 Å². The zero-order chi connectivity index (χ0) is 14.7. The van der Waals surface area contributed by atoms with Crippen LogP contribution in [-0.4, -0.2) is 21.3 Å². The maximum Gasteiger partial charge on any atom is 0.250 e. The Kier molecular flexibility index (Phi) is 3.37. The number of hydrogen-bond donors (Lipinski definition) is 0. The molecule has 0 aliphatic carbocycles. The standard InChI is InChI=1S/C15H10N4O2/c1-10-2-3-13(17-9-20)12(8-10)15-19-18-14(21-15)11-4-6-16-7-5-11/h2-8H,1H3. The average Bonchev–Trinajstić information content (AvgIpc) is 3.00. The molecule has 0 bridgehead atoms. The molecule has 0 unspecified atom stereocenters. The highest BCUT2D eigenvalue weighted by Crippen LogP contribution is 2.31. The number of isocyanates is 1. The summed E-state index contributed by atoms with van der Waals surface area (Å²) in [5, 5.41) is 8.03. The summed E-state index contributed by atoms with van der Waals surface area (Å²) in [6, 6.07) is 8.95. The number of carbonyl (C=O) groups excluding carboxylic acids is 1. The van der Waals surface area contributed by atoms with Crippen molar-refractivity contribution in [1.29, 1.82) is 0 Å². The molecular weight excluding hydrogens is 268 g/mol. The van der Waals surface area contributed by atoms with Crippen LogP contribution in [0.1, 0.15) is 5.56 Å². The van der Waals surface area contributed by atoms with E-state index in [9.17, 15) is 4.79 Å². The summed E-state index contributed by atoms with van der Waals surface area (Å²) in [7, 11) is 0. The lowest BCUT2D eigenvalue weighted by molar-refractivity contribution is 0.565. The molecular formula is C15H10N4O2. The van der Waals surface area contributed by atoms with Gasteiger partial charge in [-0.2, -0.15) is 4.99 Å². The minimum atomic E-state index is 0.305. The highest BCUT2D eigenvalue weighted by atomic mass is 16.4. The van der Waals surface area contributed by atoms with Gasteiger partial charge in [-0.05, 0) is 31.2 Å². The van der Waals surface area contributed by atoms with Crippen molar-refractivity contribution in [3.05, 3.63) is 48.3 Å². The lowest BCUT2D eigenvalue weighted by Gasteiger charge is -2.01. The summed E-state index contributed by atoms with van der Waals surface area (Å²) in [6.07, 6.45) is 4.82. The molecule has 0 radical (unpaired) electrons. The van der Waals surface area contributed by atoms with Crippen molar-refractivity contribution >= 4 is 11.8 Å². The Hall–Kier alpha value is -3.11. The van der Waals surface area contributed by atoms with Gasteiger partial charge in [-0.1, -0.05) is 11.6 Å². The molecule has 102 valence electrons. The Labute approximate surface area is 120 Å². The number of aryl methyl sites for hydroxylation is 1. The topological polar surface area (TPSA) is 81.2 Å². The van der Waals surface area contributed by atoms with E-state index < -0.39 is 0 Å². The lowest BCUT2D eigenvalue weighted by atomic mass is 10.1. The van der Waals surface area contributed by atoms with Crippen molar-refractivity contribution in [3.8, 4) is 22.9 Å². The highest BCUT2D eigenvalue weighted by molar-refractivity contribution is 5.73. The van der Waals surface area contributed by atoms with Crippen LogP contribution >= 0.6 is 0 Å². The van der Waals surface area contributed by atoms with E-state index in [-0.39, 0.29) is 0 Å². The molecule has 21 heavy (non-hydrogen) atoms. The lowest BCUT2D eigenvalue weighted by Crippen LogP contribution is -1.81. The largest absolute Gasteiger partial charge is 0.416 e. The molecule has 3 aromatic rings. The van der Waals surface area contributed by atoms with Crippen LogP contribution in [0.2, 0.25) is 0 Å². The molecule has 6 heteroatoms. The number of rotatable bonds is 3. The van der Waals surface area contributed by atoms with Crippen molar-refractivity contribution < 1.29 is 9.21 Å². The molecule has 0 N–H and O–H groups in total. The van der Waals surface area contributed by atoms with Crippen molar-refractivity contribution in [1.82, 2.24) is 15.2 Å². The minimum Gasteiger partial charge on any atom is -0.416 e. The molecule has 3 rings (SSSR count). The minimum absolute atomic E-state index is 0.305. The zero-order valence-electron chi connectivity index (χ0n) is 11.1. The van der Waals surface area contributed by atoms with Gasteiger partial charge < -0.3 is 4.42 Å². The van der Waals surface area contributed by atoms with Gasteiger partial charge in [-0.3, -0.25) is 4.98 Å². The molecule has 0 saturated carbocycles. The molecule has 0 aliphatic rings. The highest BCUT2D eigenvalue weighted by Gasteiger charge is 2.14. The van der Waals surface area contributed by atoms with E-state index >= 15 is 0 Å². The van der Waals surface area contributed by atoms with Gasteiger partial charge in [0.2, 0.25) is 17.9 Å². The normalized spacial score (nSPS) is 10.1. The SMILES string of the molecule is Cc1ccc(N=C=O)c(-c2nnc(-c3ccncc3)o2)c1. The van der Waals surface area contributed by atoms with Crippen molar-refractivity contribution in [2.24, 2.45) is 4.99 Å². The van der Waals surface area contributed by atoms with Gasteiger partial charge in [0.1, 0.15) is 0 Å². The van der Waals surface area contributed by atoms with E-state index in [1.54, 1.807) is 30.6 Å². The second-order valence-electron chi connectivity index (χ2n) is 4.37. The van der Waals surface area contributed by atoms with E-state index in [2.05, 4.69) is 20.2 Å². The van der Waals surface area contributed by atoms with E-state index in [1.165, 1.54) is 6.08 Å². The summed E-state index contributed by atoms with van der Waals surface area (Å²) >= 11 is 0. The van der Waals surface area contributed by atoms with Crippen molar-refractivity contribution in [2.45, 2.75) is 6.92 Å². The van der Waals surface area contributed by atoms with Gasteiger partial charge in [-0.25, -0.2) is 4.79 Å². The van der Waals surface area contributed by atoms with Crippen LogP contribution in [0.4, 0.5) is 5.69 Å². The van der Waals surface area contributed by atoms with Crippen molar-refractivity contribution in [3.63, 3.8) is 0 Å². The van der Waals surface area contributed by atoms with E-state index in [0.29, 0.717) is 23.0 Å². The van der Waals surface area contributed by atoms with Crippen LogP contribution in [0.5, 0.6) is 0 Å². The second kappa shape index (κ2) is 5.48. The predicted octanol–water partition coefficient (Wildman–Crippen LogP) is 3.07. The van der Waals surface area contributed by atoms with Crippen LogP contribution in [0.3, 0.4) is 0 Å². The van der Waals surface area contributed by atoms with Gasteiger partial charge in [0.05, 0.1) is 11.3 Å². The first kappa shape index (κ1) is 12.9. The molecule has 0 atom stereocenters. The molecule has 6 nitrogen and oxygen atoms in total. The summed E-state index contributed by atoms with van der Waals surface area (Å²) < 4.78 is 5.66. The summed E-state index contributed by atoms with van der Waals surface area (Å²) in [5.74, 6) is 0.689. The Morgan fingerprint density at radius 2 is 1.86 bits per heavy atom. The van der Waals surface area contributed by atoms with E-state index in [4.69, 9.17) is 4.42 Å². The van der Waals surface area contributed by atoms with Gasteiger partial charge in [-0.15, -0.1) is 10.2 Å². The Morgan fingerprint density at radius 3 is 2.62 bits per heavy atom. The van der Waals surface area contributed by atoms with Crippen LogP contribution in [0.25, 0.3) is 22.9 Å². The molecule has 0 aliphatic heterocycles. The third kappa shape index (κ3) is 2.61. The number of benzene rings is 1. The van der Waals surface area contributed by atoms with E-state index in [1.807, 2.05) is 19.1 Å². The van der Waals surface area contributed by atoms with Crippen LogP contribution in [0, 0.1) is 6.92 Å². The molecule has 2 heterocycles. The van der Waals surface area contributed by atoms with Gasteiger partial charge >= 0.3 is 0 Å². The molecule has 2 aromatic heterocycles. The third-order valence-corrected chi connectivity index (χ3v) is 2.90. The maximum absolute atomic E-state index is 10.5. The van der Waals surface area contributed by atoms with Gasteiger partial charge in [0.25, 0.3) is 0 Å². The predicted molar refractivity (Wildman–Crippen MR) is 75.5 cm³/mol. The summed E-state index contributed by atoms with van der Waals surface area (Å²) in [5.41, 5.74) is 2.82. The number of aliphatic imine (C=N–C) groups is 1. The molecule has 0 saturated heterocycles. The van der Waals surface area contributed by atoms with Gasteiger partial charge in [0, 0.05) is 18.0 Å². The van der Waals surface area contributed by atoms with Crippen LogP contribution in [-0.2, 0) is 4.79 Å². The molecule has 1 aromatic carbocycles. The van der Waals surface area contributed by atoms with Crippen molar-refractivity contribution in [2.75, 3.05) is 0 Å². The first-order valence-corrected chi connectivity index (χ1v) is 6.21. The number of aromatic nitrogens is 3. The third-order valence-electron chi connectivity index (χ3n) is 2.90. The quantitative estimate of drug-likeness (QED) is 0.543. The average molecular weight is 278 g/mol. The fourth-order valence-electron chi connectivity index (χ4n) is 1.91. The number of pyridine rings is 1.